The number of aryl methyl sites for hydroxylation is 1. The normalized spacial score (nSPS) is 11.7. The molecule has 0 heterocycles. The van der Waals surface area contributed by atoms with Crippen molar-refractivity contribution < 1.29 is 13.0 Å². The van der Waals surface area contributed by atoms with Crippen molar-refractivity contribution >= 4 is 20.9 Å². The number of rotatable bonds is 3. The maximum absolute atomic E-state index is 11.9. The van der Waals surface area contributed by atoms with Crippen LogP contribution < -0.4 is 0 Å². The predicted octanol–water partition coefficient (Wildman–Crippen LogP) is 3.99. The highest BCUT2D eigenvalue weighted by molar-refractivity contribution is 7.86. The van der Waals surface area contributed by atoms with E-state index < -0.39 is 10.1 Å². The third kappa shape index (κ3) is 2.75. The van der Waals surface area contributed by atoms with Gasteiger partial charge in [-0.1, -0.05) is 60.7 Å². The Morgan fingerprint density at radius 3 is 2.27 bits per heavy atom. The number of fused-ring (bicyclic) bond motifs is 1. The number of hydrogen-bond donors (Lipinski definition) is 1. The fraction of sp³-hybridized carbons (Fsp3) is 0.111. The summed E-state index contributed by atoms with van der Waals surface area (Å²) in [6.45, 7) is 1.71. The van der Waals surface area contributed by atoms with Crippen LogP contribution in [0.15, 0.2) is 65.6 Å². The molecule has 3 rings (SSSR count). The summed E-state index contributed by atoms with van der Waals surface area (Å²) in [4.78, 5) is 0.0232. The molecule has 0 saturated heterocycles. The molecule has 0 radical (unpaired) electrons. The van der Waals surface area contributed by atoms with Crippen LogP contribution in [0, 0.1) is 6.92 Å². The van der Waals surface area contributed by atoms with Gasteiger partial charge in [-0.2, -0.15) is 8.42 Å². The Morgan fingerprint density at radius 1 is 0.955 bits per heavy atom. The second kappa shape index (κ2) is 5.55. The molecule has 0 aliphatic rings. The van der Waals surface area contributed by atoms with Crippen LogP contribution in [-0.4, -0.2) is 13.0 Å². The predicted molar refractivity (Wildman–Crippen MR) is 87.7 cm³/mol. The van der Waals surface area contributed by atoms with E-state index >= 15 is 0 Å². The molecule has 112 valence electrons. The first kappa shape index (κ1) is 14.8. The van der Waals surface area contributed by atoms with Crippen LogP contribution in [0.3, 0.4) is 0 Å². The van der Waals surface area contributed by atoms with E-state index in [9.17, 15) is 13.0 Å². The van der Waals surface area contributed by atoms with Gasteiger partial charge in [0, 0.05) is 0 Å². The minimum atomic E-state index is -4.28. The summed E-state index contributed by atoms with van der Waals surface area (Å²) in [6.07, 6.45) is 0.457. The number of benzene rings is 3. The van der Waals surface area contributed by atoms with Crippen LogP contribution >= 0.6 is 0 Å². The van der Waals surface area contributed by atoms with E-state index in [1.807, 2.05) is 54.6 Å². The second-order valence-corrected chi connectivity index (χ2v) is 6.72. The SMILES string of the molecule is Cc1cc2ccccc2c(Cc2ccccc2)c1S(=O)(=O)O. The molecule has 3 aromatic rings. The average Bonchev–Trinajstić information content (AvgIpc) is 2.46. The molecule has 0 atom stereocenters. The lowest BCUT2D eigenvalue weighted by Crippen LogP contribution is -2.07. The molecule has 0 saturated carbocycles. The Kier molecular flexibility index (Phi) is 3.72. The quantitative estimate of drug-likeness (QED) is 0.744. The largest absolute Gasteiger partial charge is 0.295 e. The van der Waals surface area contributed by atoms with Crippen molar-refractivity contribution in [1.29, 1.82) is 0 Å². The lowest BCUT2D eigenvalue weighted by molar-refractivity contribution is 0.482. The van der Waals surface area contributed by atoms with Gasteiger partial charge in [-0.15, -0.1) is 0 Å². The molecule has 0 aliphatic heterocycles. The molecule has 0 fully saturated rings. The molecule has 0 aromatic heterocycles. The zero-order valence-corrected chi connectivity index (χ0v) is 13.0. The Morgan fingerprint density at radius 2 is 1.59 bits per heavy atom. The van der Waals surface area contributed by atoms with Crippen molar-refractivity contribution in [2.45, 2.75) is 18.2 Å². The summed E-state index contributed by atoms with van der Waals surface area (Å²) in [7, 11) is -4.28. The van der Waals surface area contributed by atoms with Crippen molar-refractivity contribution in [2.24, 2.45) is 0 Å². The van der Waals surface area contributed by atoms with E-state index in [0.717, 1.165) is 16.3 Å². The topological polar surface area (TPSA) is 54.4 Å². The van der Waals surface area contributed by atoms with Crippen molar-refractivity contribution in [3.8, 4) is 0 Å². The first-order chi connectivity index (χ1) is 10.5. The summed E-state index contributed by atoms with van der Waals surface area (Å²) in [5, 5.41) is 1.82. The first-order valence-electron chi connectivity index (χ1n) is 6.99. The minimum absolute atomic E-state index is 0.0232. The maximum atomic E-state index is 11.9. The van der Waals surface area contributed by atoms with Crippen LogP contribution in [-0.2, 0) is 16.5 Å². The Hall–Kier alpha value is -2.17. The fourth-order valence-electron chi connectivity index (χ4n) is 2.89. The smallest absolute Gasteiger partial charge is 0.282 e. The average molecular weight is 312 g/mol. The van der Waals surface area contributed by atoms with Crippen molar-refractivity contribution in [1.82, 2.24) is 0 Å². The third-order valence-corrected chi connectivity index (χ3v) is 4.86. The lowest BCUT2D eigenvalue weighted by atomic mass is 9.96. The molecular formula is C18H16O3S. The molecule has 0 amide bonds. The van der Waals surface area contributed by atoms with E-state index in [-0.39, 0.29) is 4.90 Å². The summed E-state index contributed by atoms with van der Waals surface area (Å²) in [5.41, 5.74) is 2.21. The molecule has 0 bridgehead atoms. The molecule has 22 heavy (non-hydrogen) atoms. The van der Waals surface area contributed by atoms with Gasteiger partial charge in [-0.3, -0.25) is 4.55 Å². The molecule has 0 spiro atoms. The van der Waals surface area contributed by atoms with Crippen LogP contribution in [0.1, 0.15) is 16.7 Å². The van der Waals surface area contributed by atoms with E-state index in [4.69, 9.17) is 0 Å². The standard InChI is InChI=1S/C18H16O3S/c1-13-11-15-9-5-6-10-16(15)17(18(13)22(19,20)21)12-14-7-3-2-4-8-14/h2-11H,12H2,1H3,(H,19,20,21). The van der Waals surface area contributed by atoms with Gasteiger partial charge in [-0.05, 0) is 40.8 Å². The molecule has 0 unspecified atom stereocenters. The van der Waals surface area contributed by atoms with Gasteiger partial charge in [0.15, 0.2) is 0 Å². The molecular weight excluding hydrogens is 296 g/mol. The molecule has 3 nitrogen and oxygen atoms in total. The van der Waals surface area contributed by atoms with E-state index in [2.05, 4.69) is 0 Å². The van der Waals surface area contributed by atoms with E-state index in [1.54, 1.807) is 13.0 Å². The molecule has 4 heteroatoms. The monoisotopic (exact) mass is 312 g/mol. The van der Waals surface area contributed by atoms with Crippen molar-refractivity contribution in [3.05, 3.63) is 77.4 Å². The summed E-state index contributed by atoms with van der Waals surface area (Å²) in [6, 6.07) is 19.1. The van der Waals surface area contributed by atoms with Gasteiger partial charge in [0.1, 0.15) is 4.90 Å². The Balaban J connectivity index is 2.33. The van der Waals surface area contributed by atoms with Crippen molar-refractivity contribution in [2.75, 3.05) is 0 Å². The third-order valence-electron chi connectivity index (χ3n) is 3.77. The highest BCUT2D eigenvalue weighted by Crippen LogP contribution is 2.31. The zero-order chi connectivity index (χ0) is 15.7. The van der Waals surface area contributed by atoms with Gasteiger partial charge in [-0.25, -0.2) is 0 Å². The highest BCUT2D eigenvalue weighted by Gasteiger charge is 2.21. The zero-order valence-electron chi connectivity index (χ0n) is 12.2. The minimum Gasteiger partial charge on any atom is -0.282 e. The highest BCUT2D eigenvalue weighted by atomic mass is 32.2. The molecule has 3 aromatic carbocycles. The van der Waals surface area contributed by atoms with Crippen LogP contribution in [0.4, 0.5) is 0 Å². The Bertz CT molecular complexity index is 929. The van der Waals surface area contributed by atoms with Crippen LogP contribution in [0.2, 0.25) is 0 Å². The van der Waals surface area contributed by atoms with Gasteiger partial charge >= 0.3 is 0 Å². The first-order valence-corrected chi connectivity index (χ1v) is 8.43. The number of hydrogen-bond acceptors (Lipinski definition) is 2. The molecule has 1 N–H and O–H groups in total. The molecule has 0 aliphatic carbocycles. The van der Waals surface area contributed by atoms with Gasteiger partial charge in [0.2, 0.25) is 0 Å². The van der Waals surface area contributed by atoms with Gasteiger partial charge in [0.25, 0.3) is 10.1 Å². The maximum Gasteiger partial charge on any atom is 0.295 e. The fourth-order valence-corrected chi connectivity index (χ4v) is 3.85. The Labute approximate surface area is 130 Å². The van der Waals surface area contributed by atoms with E-state index in [1.165, 1.54) is 0 Å². The van der Waals surface area contributed by atoms with Crippen LogP contribution in [0.25, 0.3) is 10.8 Å². The summed E-state index contributed by atoms with van der Waals surface area (Å²) >= 11 is 0. The van der Waals surface area contributed by atoms with Crippen molar-refractivity contribution in [3.63, 3.8) is 0 Å². The lowest BCUT2D eigenvalue weighted by Gasteiger charge is -2.14. The van der Waals surface area contributed by atoms with E-state index in [0.29, 0.717) is 17.5 Å². The summed E-state index contributed by atoms with van der Waals surface area (Å²) < 4.78 is 33.4. The van der Waals surface area contributed by atoms with Gasteiger partial charge < -0.3 is 0 Å². The van der Waals surface area contributed by atoms with Crippen LogP contribution in [0.5, 0.6) is 0 Å². The summed E-state index contributed by atoms with van der Waals surface area (Å²) in [5.74, 6) is 0. The second-order valence-electron chi connectivity index (χ2n) is 5.36. The van der Waals surface area contributed by atoms with Gasteiger partial charge in [0.05, 0.1) is 0 Å².